The van der Waals surface area contributed by atoms with Crippen molar-refractivity contribution in [2.75, 3.05) is 23.1 Å². The lowest BCUT2D eigenvalue weighted by Crippen LogP contribution is -2.35. The van der Waals surface area contributed by atoms with Crippen LogP contribution in [0.1, 0.15) is 55.2 Å². The Morgan fingerprint density at radius 2 is 1.95 bits per heavy atom. The van der Waals surface area contributed by atoms with E-state index < -0.39 is 23.7 Å². The summed E-state index contributed by atoms with van der Waals surface area (Å²) in [5.74, 6) is -0.325. The fraction of sp³-hybridized carbons (Fsp3) is 0.393. The Balaban J connectivity index is 1.60. The Bertz CT molecular complexity index is 1690. The van der Waals surface area contributed by atoms with E-state index in [-0.39, 0.29) is 29.0 Å². The number of alkyl halides is 4. The first-order valence-corrected chi connectivity index (χ1v) is 13.9. The van der Waals surface area contributed by atoms with Crippen LogP contribution in [-0.2, 0) is 5.54 Å². The zero-order chi connectivity index (χ0) is 30.4. The number of aryl methyl sites for hydroxylation is 1. The third kappa shape index (κ3) is 5.55. The van der Waals surface area contributed by atoms with E-state index in [1.54, 1.807) is 19.1 Å². The molecule has 0 aliphatic heterocycles. The van der Waals surface area contributed by atoms with E-state index in [0.717, 1.165) is 10.7 Å². The monoisotopic (exact) mass is 620 g/mol. The highest BCUT2D eigenvalue weighted by molar-refractivity contribution is 6.35. The van der Waals surface area contributed by atoms with Gasteiger partial charge in [0.25, 0.3) is 0 Å². The summed E-state index contributed by atoms with van der Waals surface area (Å²) in [7, 11) is 0. The zero-order valence-electron chi connectivity index (χ0n) is 22.8. The van der Waals surface area contributed by atoms with Crippen LogP contribution >= 0.6 is 23.2 Å². The molecule has 1 aliphatic carbocycles. The van der Waals surface area contributed by atoms with Gasteiger partial charge in [-0.3, -0.25) is 4.98 Å². The molecule has 14 heteroatoms. The number of anilines is 2. The predicted molar refractivity (Wildman–Crippen MR) is 152 cm³/mol. The average Bonchev–Trinajstić information content (AvgIpc) is 3.62. The second-order valence-corrected chi connectivity index (χ2v) is 11.8. The lowest BCUT2D eigenvalue weighted by atomic mass is 9.96. The molecule has 0 radical (unpaired) electrons. The number of fused-ring (bicyclic) bond motifs is 1. The molecular formula is C28H26Cl2F4N8. The van der Waals surface area contributed by atoms with Crippen LogP contribution in [0.25, 0.3) is 10.9 Å². The summed E-state index contributed by atoms with van der Waals surface area (Å²) < 4.78 is 56.2. The van der Waals surface area contributed by atoms with Crippen LogP contribution < -0.4 is 10.6 Å². The number of benzene rings is 1. The number of aromatic nitrogens is 5. The highest BCUT2D eigenvalue weighted by Crippen LogP contribution is 2.55. The number of hydrogen-bond acceptors (Lipinski definition) is 7. The maximum atomic E-state index is 13.9. The van der Waals surface area contributed by atoms with Crippen LogP contribution in [0.15, 0.2) is 36.7 Å². The Morgan fingerprint density at radius 1 is 1.21 bits per heavy atom. The fourth-order valence-electron chi connectivity index (χ4n) is 4.70. The maximum absolute atomic E-state index is 13.9. The Kier molecular flexibility index (Phi) is 7.70. The molecule has 0 spiro atoms. The van der Waals surface area contributed by atoms with Crippen molar-refractivity contribution in [3.8, 4) is 6.07 Å². The molecule has 3 aromatic heterocycles. The molecule has 0 saturated heterocycles. The van der Waals surface area contributed by atoms with Gasteiger partial charge in [-0.15, -0.1) is 16.7 Å². The highest BCUT2D eigenvalue weighted by atomic mass is 35.5. The molecule has 1 saturated carbocycles. The summed E-state index contributed by atoms with van der Waals surface area (Å²) in [6, 6.07) is 7.26. The van der Waals surface area contributed by atoms with Crippen molar-refractivity contribution in [1.29, 1.82) is 5.26 Å². The Hall–Kier alpha value is -3.69. The van der Waals surface area contributed by atoms with Gasteiger partial charge in [-0.2, -0.15) is 22.8 Å². The molecule has 3 heterocycles. The Morgan fingerprint density at radius 3 is 2.57 bits per heavy atom. The third-order valence-corrected chi connectivity index (χ3v) is 8.37. The minimum atomic E-state index is -4.49. The van der Waals surface area contributed by atoms with Gasteiger partial charge in [0, 0.05) is 41.0 Å². The fourth-order valence-corrected chi connectivity index (χ4v) is 5.06. The minimum absolute atomic E-state index is 0.0979. The molecule has 42 heavy (non-hydrogen) atoms. The molecule has 0 unspecified atom stereocenters. The topological polar surface area (TPSA) is 104 Å². The van der Waals surface area contributed by atoms with Crippen LogP contribution in [0.3, 0.4) is 0 Å². The average molecular weight is 621 g/mol. The van der Waals surface area contributed by atoms with Gasteiger partial charge in [0.2, 0.25) is 5.95 Å². The van der Waals surface area contributed by atoms with Crippen molar-refractivity contribution in [3.63, 3.8) is 0 Å². The van der Waals surface area contributed by atoms with Gasteiger partial charge >= 0.3 is 6.18 Å². The van der Waals surface area contributed by atoms with Crippen molar-refractivity contribution in [3.05, 3.63) is 70.1 Å². The number of nitrogens with zero attached hydrogens (tertiary/aromatic N) is 6. The number of rotatable bonds is 9. The smallest absolute Gasteiger partial charge is 0.383 e. The summed E-state index contributed by atoms with van der Waals surface area (Å²) >= 11 is 12.7. The SMILES string of the molecule is Cc1nc(F)ccc1[C@H](Nc1cc(Cl)c2ncc(C#N)c(NCC(C)(C)CCl)c2c1)c1cn(C2(C(F)(F)F)CC2)nn1. The summed E-state index contributed by atoms with van der Waals surface area (Å²) in [4.78, 5) is 8.26. The van der Waals surface area contributed by atoms with Gasteiger partial charge in [-0.25, -0.2) is 9.67 Å². The van der Waals surface area contributed by atoms with E-state index in [4.69, 9.17) is 23.2 Å². The van der Waals surface area contributed by atoms with Gasteiger partial charge in [-0.1, -0.05) is 36.7 Å². The highest BCUT2D eigenvalue weighted by Gasteiger charge is 2.66. The summed E-state index contributed by atoms with van der Waals surface area (Å²) in [5, 5.41) is 25.1. The van der Waals surface area contributed by atoms with Gasteiger partial charge in [0.1, 0.15) is 11.8 Å². The second-order valence-electron chi connectivity index (χ2n) is 11.2. The molecule has 5 rings (SSSR count). The first kappa shape index (κ1) is 29.8. The lowest BCUT2D eigenvalue weighted by Gasteiger charge is -2.24. The summed E-state index contributed by atoms with van der Waals surface area (Å²) in [5.41, 5.74) is 0.261. The molecule has 8 nitrogen and oxygen atoms in total. The first-order chi connectivity index (χ1) is 19.8. The molecule has 0 bridgehead atoms. The van der Waals surface area contributed by atoms with Crippen LogP contribution in [0.4, 0.5) is 28.9 Å². The quantitative estimate of drug-likeness (QED) is 0.117. The number of pyridine rings is 2. The van der Waals surface area contributed by atoms with Gasteiger partial charge in [0.15, 0.2) is 5.54 Å². The summed E-state index contributed by atoms with van der Waals surface area (Å²) in [6.45, 7) is 5.99. The molecular weight excluding hydrogens is 595 g/mol. The first-order valence-electron chi connectivity index (χ1n) is 13.0. The molecule has 2 N–H and O–H groups in total. The molecule has 220 valence electrons. The van der Waals surface area contributed by atoms with E-state index >= 15 is 0 Å². The van der Waals surface area contributed by atoms with Crippen LogP contribution in [-0.4, -0.2) is 43.6 Å². The Labute approximate surface area is 249 Å². The van der Waals surface area contributed by atoms with Crippen molar-refractivity contribution in [1.82, 2.24) is 25.0 Å². The van der Waals surface area contributed by atoms with E-state index in [2.05, 4.69) is 37.0 Å². The lowest BCUT2D eigenvalue weighted by molar-refractivity contribution is -0.182. The predicted octanol–water partition coefficient (Wildman–Crippen LogP) is 7.12. The van der Waals surface area contributed by atoms with Gasteiger partial charge in [0.05, 0.1) is 34.0 Å². The maximum Gasteiger partial charge on any atom is 0.413 e. The van der Waals surface area contributed by atoms with Crippen molar-refractivity contribution < 1.29 is 17.6 Å². The number of hydrogen-bond donors (Lipinski definition) is 2. The zero-order valence-corrected chi connectivity index (χ0v) is 24.3. The van der Waals surface area contributed by atoms with E-state index in [1.165, 1.54) is 18.5 Å². The van der Waals surface area contributed by atoms with Crippen molar-refractivity contribution >= 4 is 45.5 Å². The molecule has 1 fully saturated rings. The molecule has 1 aliphatic rings. The van der Waals surface area contributed by atoms with Crippen LogP contribution in [0.5, 0.6) is 0 Å². The third-order valence-electron chi connectivity index (χ3n) is 7.36. The van der Waals surface area contributed by atoms with Gasteiger partial charge in [-0.05, 0) is 43.4 Å². The van der Waals surface area contributed by atoms with Crippen LogP contribution in [0, 0.1) is 29.6 Å². The molecule has 1 aromatic carbocycles. The number of halogens is 6. The number of nitrogens with one attached hydrogen (secondary N) is 2. The normalized spacial score (nSPS) is 15.3. The molecule has 4 aromatic rings. The van der Waals surface area contributed by atoms with Crippen molar-refractivity contribution in [2.45, 2.75) is 51.4 Å². The largest absolute Gasteiger partial charge is 0.413 e. The van der Waals surface area contributed by atoms with E-state index in [9.17, 15) is 22.8 Å². The standard InChI is InChI=1S/C28H26Cl2F4N8/c1-15-18(4-5-22(31)38-15)25(21-12-42(41-40-21)27(6-7-27)28(32,33)34)39-17-8-19-23(37-14-26(2,3)13-29)16(10-35)11-36-24(19)20(30)9-17/h4-5,8-9,11-12,25,39H,6-7,13-14H2,1-3H3,(H,36,37)/t25-/m0/s1. The van der Waals surface area contributed by atoms with E-state index in [1.807, 2.05) is 13.8 Å². The van der Waals surface area contributed by atoms with Crippen LogP contribution in [0.2, 0.25) is 5.02 Å². The molecule has 1 atom stereocenters. The number of nitriles is 1. The second kappa shape index (κ2) is 10.9. The summed E-state index contributed by atoms with van der Waals surface area (Å²) in [6.07, 6.45) is -2.01. The molecule has 0 amide bonds. The van der Waals surface area contributed by atoms with Crippen molar-refractivity contribution in [2.24, 2.45) is 5.41 Å². The van der Waals surface area contributed by atoms with Gasteiger partial charge < -0.3 is 10.6 Å². The van der Waals surface area contributed by atoms with E-state index in [0.29, 0.717) is 51.5 Å². The minimum Gasteiger partial charge on any atom is -0.383 e.